The number of rotatable bonds is 2. The van der Waals surface area contributed by atoms with E-state index >= 15 is 0 Å². The lowest BCUT2D eigenvalue weighted by Gasteiger charge is -2.03. The van der Waals surface area contributed by atoms with E-state index in [0.717, 1.165) is 21.5 Å². The molecule has 0 saturated carbocycles. The summed E-state index contributed by atoms with van der Waals surface area (Å²) in [7, 11) is 1.65. The third-order valence-electron chi connectivity index (χ3n) is 2.09. The summed E-state index contributed by atoms with van der Waals surface area (Å²) in [5.74, 6) is 0.819. The van der Waals surface area contributed by atoms with E-state index < -0.39 is 0 Å². The van der Waals surface area contributed by atoms with Crippen LogP contribution in [-0.2, 0) is 0 Å². The number of ether oxygens (including phenoxy) is 1. The molecule has 2 rings (SSSR count). The van der Waals surface area contributed by atoms with Gasteiger partial charge < -0.3 is 4.74 Å². The van der Waals surface area contributed by atoms with Crippen molar-refractivity contribution in [2.45, 2.75) is 0 Å². The van der Waals surface area contributed by atoms with Gasteiger partial charge in [0.2, 0.25) is 0 Å². The van der Waals surface area contributed by atoms with Gasteiger partial charge in [0.05, 0.1) is 12.8 Å². The van der Waals surface area contributed by atoms with Crippen LogP contribution in [-0.4, -0.2) is 12.1 Å². The molecule has 2 aromatic rings. The zero-order valence-corrected chi connectivity index (χ0v) is 9.86. The second kappa shape index (κ2) is 4.45. The molecule has 0 atom stereocenters. The minimum Gasteiger partial charge on any atom is -0.497 e. The minimum absolute atomic E-state index is 0.819. The van der Waals surface area contributed by atoms with Gasteiger partial charge in [-0.2, -0.15) is 0 Å². The lowest BCUT2D eigenvalue weighted by molar-refractivity contribution is 0.414. The number of halogens is 1. The molecule has 0 fully saturated rings. The molecule has 0 bridgehead atoms. The van der Waals surface area contributed by atoms with Crippen LogP contribution < -0.4 is 4.74 Å². The van der Waals surface area contributed by atoms with Crippen LogP contribution in [0.4, 0.5) is 0 Å². The van der Waals surface area contributed by atoms with Crippen molar-refractivity contribution in [3.05, 3.63) is 47.1 Å². The molecule has 1 aromatic carbocycles. The highest BCUT2D eigenvalue weighted by Gasteiger charge is 2.00. The monoisotopic (exact) mass is 263 g/mol. The molecule has 15 heavy (non-hydrogen) atoms. The van der Waals surface area contributed by atoms with Crippen molar-refractivity contribution >= 4 is 15.9 Å². The Morgan fingerprint density at radius 2 is 2.07 bits per heavy atom. The van der Waals surface area contributed by atoms with Crippen LogP contribution in [0.25, 0.3) is 11.3 Å². The van der Waals surface area contributed by atoms with E-state index in [1.807, 2.05) is 36.4 Å². The Labute approximate surface area is 97.1 Å². The second-order valence-electron chi connectivity index (χ2n) is 3.09. The smallest absolute Gasteiger partial charge is 0.122 e. The zero-order chi connectivity index (χ0) is 10.7. The summed E-state index contributed by atoms with van der Waals surface area (Å²) < 4.78 is 6.20. The van der Waals surface area contributed by atoms with Gasteiger partial charge in [0, 0.05) is 22.3 Å². The Morgan fingerprint density at radius 3 is 2.80 bits per heavy atom. The molecule has 2 nitrogen and oxygen atoms in total. The fourth-order valence-corrected chi connectivity index (χ4v) is 1.74. The van der Waals surface area contributed by atoms with Gasteiger partial charge in [-0.1, -0.05) is 28.1 Å². The third-order valence-corrected chi connectivity index (χ3v) is 2.58. The highest BCUT2D eigenvalue weighted by molar-refractivity contribution is 9.10. The first-order valence-electron chi connectivity index (χ1n) is 4.55. The topological polar surface area (TPSA) is 22.1 Å². The van der Waals surface area contributed by atoms with Crippen LogP contribution in [0.5, 0.6) is 5.75 Å². The quantitative estimate of drug-likeness (QED) is 0.827. The lowest BCUT2D eigenvalue weighted by atomic mass is 10.1. The maximum absolute atomic E-state index is 5.15. The third kappa shape index (κ3) is 2.36. The average molecular weight is 264 g/mol. The molecule has 0 saturated heterocycles. The minimum atomic E-state index is 0.819. The average Bonchev–Trinajstić information content (AvgIpc) is 2.29. The van der Waals surface area contributed by atoms with Gasteiger partial charge in [-0.3, -0.25) is 4.98 Å². The van der Waals surface area contributed by atoms with E-state index in [-0.39, 0.29) is 0 Å². The number of methoxy groups -OCH3 is 1. The Bertz CT molecular complexity index is 471. The molecule has 0 aliphatic rings. The first-order valence-corrected chi connectivity index (χ1v) is 5.35. The van der Waals surface area contributed by atoms with Gasteiger partial charge in [0.25, 0.3) is 0 Å². The second-order valence-corrected chi connectivity index (χ2v) is 4.01. The maximum Gasteiger partial charge on any atom is 0.122 e. The van der Waals surface area contributed by atoms with Crippen LogP contribution in [0, 0.1) is 0 Å². The molecule has 1 aromatic heterocycles. The molecule has 0 amide bonds. The van der Waals surface area contributed by atoms with Crippen molar-refractivity contribution in [2.75, 3.05) is 7.11 Å². The highest BCUT2D eigenvalue weighted by Crippen LogP contribution is 2.23. The van der Waals surface area contributed by atoms with Gasteiger partial charge in [-0.15, -0.1) is 0 Å². The molecular formula is C12H10BrNO. The predicted octanol–water partition coefficient (Wildman–Crippen LogP) is 3.52. The van der Waals surface area contributed by atoms with Crippen LogP contribution in [0.15, 0.2) is 47.1 Å². The summed E-state index contributed by atoms with van der Waals surface area (Å²) in [4.78, 5) is 4.30. The van der Waals surface area contributed by atoms with Gasteiger partial charge in [0.1, 0.15) is 5.75 Å². The largest absolute Gasteiger partial charge is 0.497 e. The summed E-state index contributed by atoms with van der Waals surface area (Å²) >= 11 is 3.44. The summed E-state index contributed by atoms with van der Waals surface area (Å²) in [6.07, 6.45) is 1.75. The van der Waals surface area contributed by atoms with E-state index in [9.17, 15) is 0 Å². The van der Waals surface area contributed by atoms with Crippen molar-refractivity contribution < 1.29 is 4.74 Å². The molecule has 0 radical (unpaired) electrons. The van der Waals surface area contributed by atoms with Gasteiger partial charge in [0.15, 0.2) is 0 Å². The molecule has 0 spiro atoms. The molecule has 1 heterocycles. The Balaban J connectivity index is 2.44. The number of benzene rings is 1. The van der Waals surface area contributed by atoms with Gasteiger partial charge >= 0.3 is 0 Å². The Kier molecular flexibility index (Phi) is 3.02. The summed E-state index contributed by atoms with van der Waals surface area (Å²) in [5, 5.41) is 0. The van der Waals surface area contributed by atoms with E-state index in [0.29, 0.717) is 0 Å². The van der Waals surface area contributed by atoms with Gasteiger partial charge in [-0.25, -0.2) is 0 Å². The SMILES string of the molecule is COc1ccnc(-c2cccc(Br)c2)c1. The standard InChI is InChI=1S/C12H10BrNO/c1-15-11-5-6-14-12(8-11)9-3-2-4-10(13)7-9/h2-8H,1H3. The van der Waals surface area contributed by atoms with Crippen molar-refractivity contribution in [3.8, 4) is 17.0 Å². The van der Waals surface area contributed by atoms with Crippen LogP contribution in [0.1, 0.15) is 0 Å². The molecule has 3 heteroatoms. The van der Waals surface area contributed by atoms with E-state index in [1.165, 1.54) is 0 Å². The summed E-state index contributed by atoms with van der Waals surface area (Å²) in [6.45, 7) is 0. The molecular weight excluding hydrogens is 254 g/mol. The predicted molar refractivity (Wildman–Crippen MR) is 63.9 cm³/mol. The van der Waals surface area contributed by atoms with Gasteiger partial charge in [-0.05, 0) is 18.2 Å². The van der Waals surface area contributed by atoms with E-state index in [1.54, 1.807) is 13.3 Å². The molecule has 0 aliphatic carbocycles. The highest BCUT2D eigenvalue weighted by atomic mass is 79.9. The number of hydrogen-bond donors (Lipinski definition) is 0. The molecule has 0 aliphatic heterocycles. The molecule has 0 N–H and O–H groups in total. The Hall–Kier alpha value is -1.35. The first kappa shape index (κ1) is 10.2. The van der Waals surface area contributed by atoms with E-state index in [4.69, 9.17) is 4.74 Å². The number of nitrogens with zero attached hydrogens (tertiary/aromatic N) is 1. The fraction of sp³-hybridized carbons (Fsp3) is 0.0833. The molecule has 0 unspecified atom stereocenters. The first-order chi connectivity index (χ1) is 7.29. The van der Waals surface area contributed by atoms with Crippen LogP contribution >= 0.6 is 15.9 Å². The number of pyridine rings is 1. The van der Waals surface area contributed by atoms with Crippen molar-refractivity contribution in [1.82, 2.24) is 4.98 Å². The Morgan fingerprint density at radius 1 is 1.20 bits per heavy atom. The van der Waals surface area contributed by atoms with Crippen LogP contribution in [0.2, 0.25) is 0 Å². The van der Waals surface area contributed by atoms with Crippen molar-refractivity contribution in [2.24, 2.45) is 0 Å². The number of hydrogen-bond acceptors (Lipinski definition) is 2. The lowest BCUT2D eigenvalue weighted by Crippen LogP contribution is -1.86. The molecule has 76 valence electrons. The summed E-state index contributed by atoms with van der Waals surface area (Å²) in [5.41, 5.74) is 1.99. The fourth-order valence-electron chi connectivity index (χ4n) is 1.34. The van der Waals surface area contributed by atoms with Crippen LogP contribution in [0.3, 0.4) is 0 Å². The van der Waals surface area contributed by atoms with E-state index in [2.05, 4.69) is 20.9 Å². The van der Waals surface area contributed by atoms with Crippen molar-refractivity contribution in [3.63, 3.8) is 0 Å². The summed E-state index contributed by atoms with van der Waals surface area (Å²) in [6, 6.07) is 11.8. The zero-order valence-electron chi connectivity index (χ0n) is 8.27. The normalized spacial score (nSPS) is 10.0. The maximum atomic E-state index is 5.15. The van der Waals surface area contributed by atoms with Crippen molar-refractivity contribution in [1.29, 1.82) is 0 Å². The number of aromatic nitrogens is 1.